The molecule has 10 heavy (non-hydrogen) atoms. The van der Waals surface area contributed by atoms with Gasteiger partial charge in [-0.2, -0.15) is 0 Å². The number of hydrogen-bond acceptors (Lipinski definition) is 4. The number of morpholine rings is 1. The van der Waals surface area contributed by atoms with Crippen molar-refractivity contribution in [3.8, 4) is 0 Å². The molecular weight excluding hydrogens is 186 g/mol. The highest BCUT2D eigenvalue weighted by molar-refractivity contribution is 8.45. The van der Waals surface area contributed by atoms with Crippen LogP contribution in [0.5, 0.6) is 0 Å². The zero-order valence-electron chi connectivity index (χ0n) is 5.78. The fourth-order valence-corrected chi connectivity index (χ4v) is 2.84. The van der Waals surface area contributed by atoms with Crippen LogP contribution in [-0.2, 0) is 35.3 Å². The normalized spacial score (nSPS) is 29.2. The first-order valence-electron chi connectivity index (χ1n) is 3.15. The summed E-state index contributed by atoms with van der Waals surface area (Å²) in [6, 6.07) is 0.409. The summed E-state index contributed by atoms with van der Waals surface area (Å²) in [5, 5.41) is 0. The Labute approximate surface area is 72.5 Å². The molecule has 1 aliphatic rings. The molecule has 5 heteroatoms. The molecule has 1 heterocycles. The third-order valence-electron chi connectivity index (χ3n) is 1.50. The van der Waals surface area contributed by atoms with Crippen LogP contribution in [0.25, 0.3) is 0 Å². The highest BCUT2D eigenvalue weighted by atomic mass is 33.1. The third-order valence-corrected chi connectivity index (χ3v) is 3.57. The Balaban J connectivity index is 2.56. The molecule has 0 aliphatic carbocycles. The molecule has 0 aromatic carbocycles. The maximum atomic E-state index is 5.23. The molecule has 0 spiro atoms. The summed E-state index contributed by atoms with van der Waals surface area (Å²) in [6.07, 6.45) is 0. The molecule has 1 rings (SSSR count). The van der Waals surface area contributed by atoms with Crippen LogP contribution in [0.2, 0.25) is 0 Å². The second kappa shape index (κ2) is 3.92. The van der Waals surface area contributed by atoms with Crippen LogP contribution in [0.3, 0.4) is 0 Å². The Morgan fingerprint density at radius 2 is 2.30 bits per heavy atom. The summed E-state index contributed by atoms with van der Waals surface area (Å²) in [5.74, 6) is 0. The van der Waals surface area contributed by atoms with Gasteiger partial charge >= 0.3 is 0 Å². The van der Waals surface area contributed by atoms with E-state index in [9.17, 15) is 0 Å². The summed E-state index contributed by atoms with van der Waals surface area (Å²) in [5.41, 5.74) is 0. The first-order chi connectivity index (χ1) is 4.72. The Kier molecular flexibility index (Phi) is 3.45. The van der Waals surface area contributed by atoms with Crippen LogP contribution in [0.4, 0.5) is 0 Å². The fourth-order valence-electron chi connectivity index (χ4n) is 0.933. The van der Waals surface area contributed by atoms with Gasteiger partial charge in [0, 0.05) is 12.6 Å². The van der Waals surface area contributed by atoms with Crippen LogP contribution in [0, 0.1) is 0 Å². The molecule has 60 valence electrons. The first-order valence-corrected chi connectivity index (χ1v) is 6.19. The third kappa shape index (κ3) is 2.10. The second-order valence-electron chi connectivity index (χ2n) is 2.28. The lowest BCUT2D eigenvalue weighted by Crippen LogP contribution is -2.41. The summed E-state index contributed by atoms with van der Waals surface area (Å²) in [6.45, 7) is 4.55. The van der Waals surface area contributed by atoms with Crippen molar-refractivity contribution < 1.29 is 4.74 Å². The lowest BCUT2D eigenvalue weighted by Gasteiger charge is -2.37. The monoisotopic (exact) mass is 196 g/mol. The van der Waals surface area contributed by atoms with Crippen molar-refractivity contribution in [3.63, 3.8) is 0 Å². The number of rotatable bonds is 1. The Morgan fingerprint density at radius 3 is 2.70 bits per heavy atom. The van der Waals surface area contributed by atoms with Gasteiger partial charge in [0.05, 0.1) is 13.2 Å². The summed E-state index contributed by atoms with van der Waals surface area (Å²) >= 11 is 9.98. The van der Waals surface area contributed by atoms with Crippen molar-refractivity contribution in [1.29, 1.82) is 0 Å². The van der Waals surface area contributed by atoms with E-state index in [2.05, 4.69) is 11.2 Å². The minimum atomic E-state index is -0.412. The lowest BCUT2D eigenvalue weighted by atomic mass is 10.3. The van der Waals surface area contributed by atoms with Crippen molar-refractivity contribution in [2.45, 2.75) is 13.0 Å². The van der Waals surface area contributed by atoms with Crippen LogP contribution in [-0.4, -0.2) is 30.1 Å². The fraction of sp³-hybridized carbons (Fsp3) is 1.00. The molecule has 0 radical (unpaired) electrons. The van der Waals surface area contributed by atoms with Crippen molar-refractivity contribution >= 4 is 30.6 Å². The van der Waals surface area contributed by atoms with Crippen LogP contribution in [0.1, 0.15) is 6.92 Å². The van der Waals surface area contributed by atoms with Gasteiger partial charge in [0.15, 0.2) is 0 Å². The number of hydrogen-bond donors (Lipinski definition) is 0. The van der Waals surface area contributed by atoms with Crippen molar-refractivity contribution in [2.24, 2.45) is 0 Å². The highest BCUT2D eigenvalue weighted by Crippen LogP contribution is 2.05. The quantitative estimate of drug-likeness (QED) is 0.554. The molecule has 1 atom stereocenters. The summed E-state index contributed by atoms with van der Waals surface area (Å²) < 4.78 is 7.37. The van der Waals surface area contributed by atoms with Gasteiger partial charge < -0.3 is 9.04 Å². The van der Waals surface area contributed by atoms with Gasteiger partial charge in [-0.1, -0.05) is 0 Å². The molecule has 2 nitrogen and oxygen atoms in total. The molecule has 0 bridgehead atoms. The number of ether oxygens (including phenoxy) is 1. The van der Waals surface area contributed by atoms with Crippen LogP contribution >= 0.6 is 0 Å². The Hall–Kier alpha value is 0.710. The van der Waals surface area contributed by atoms with E-state index in [0.29, 0.717) is 6.04 Å². The van der Waals surface area contributed by atoms with E-state index >= 15 is 0 Å². The van der Waals surface area contributed by atoms with E-state index in [1.165, 1.54) is 0 Å². The molecule has 0 saturated carbocycles. The predicted octanol–water partition coefficient (Wildman–Crippen LogP) is 0.164. The standard InChI is InChI=1S/C5H10NOS3/c1-5-4-7-3-2-6(5)10(8)9/h5H,2-4H2,1H3/q-1. The van der Waals surface area contributed by atoms with Gasteiger partial charge in [-0.3, -0.25) is 8.20 Å². The van der Waals surface area contributed by atoms with Crippen molar-refractivity contribution in [3.05, 3.63) is 0 Å². The SMILES string of the molecule is CC1COCCN1[S-](=S)=S. The topological polar surface area (TPSA) is 12.5 Å². The summed E-state index contributed by atoms with van der Waals surface area (Å²) in [4.78, 5) is 0. The van der Waals surface area contributed by atoms with Crippen molar-refractivity contribution in [2.75, 3.05) is 19.8 Å². The van der Waals surface area contributed by atoms with Gasteiger partial charge in [-0.15, -0.1) is 0 Å². The van der Waals surface area contributed by atoms with Gasteiger partial charge in [0.25, 0.3) is 0 Å². The van der Waals surface area contributed by atoms with Gasteiger partial charge in [0.1, 0.15) is 0 Å². The van der Waals surface area contributed by atoms with Gasteiger partial charge in [0.2, 0.25) is 0 Å². The van der Waals surface area contributed by atoms with E-state index in [-0.39, 0.29) is 0 Å². The van der Waals surface area contributed by atoms with E-state index in [0.717, 1.165) is 19.8 Å². The molecule has 1 aliphatic heterocycles. The smallest absolute Gasteiger partial charge is 0.0604 e. The maximum Gasteiger partial charge on any atom is 0.0604 e. The van der Waals surface area contributed by atoms with Crippen molar-refractivity contribution in [1.82, 2.24) is 4.31 Å². The Morgan fingerprint density at radius 1 is 1.60 bits per heavy atom. The van der Waals surface area contributed by atoms with Crippen LogP contribution < -0.4 is 0 Å². The molecule has 1 fully saturated rings. The molecule has 0 aromatic rings. The van der Waals surface area contributed by atoms with Crippen LogP contribution in [0.15, 0.2) is 0 Å². The minimum Gasteiger partial charge on any atom is -0.379 e. The molecule has 0 amide bonds. The average molecular weight is 196 g/mol. The zero-order valence-corrected chi connectivity index (χ0v) is 8.23. The largest absolute Gasteiger partial charge is 0.379 e. The molecular formula is C5H10NOS3-. The zero-order chi connectivity index (χ0) is 7.56. The molecule has 0 N–H and O–H groups in total. The molecule has 0 aromatic heterocycles. The average Bonchev–Trinajstić information content (AvgIpc) is 1.88. The van der Waals surface area contributed by atoms with E-state index in [4.69, 9.17) is 27.1 Å². The van der Waals surface area contributed by atoms with Gasteiger partial charge in [-0.05, 0) is 6.92 Å². The maximum absolute atomic E-state index is 5.23. The first kappa shape index (κ1) is 8.80. The van der Waals surface area contributed by atoms with E-state index in [1.807, 2.05) is 0 Å². The summed E-state index contributed by atoms with van der Waals surface area (Å²) in [7, 11) is -0.412. The van der Waals surface area contributed by atoms with Gasteiger partial charge in [-0.25, -0.2) is 22.4 Å². The second-order valence-corrected chi connectivity index (χ2v) is 5.71. The Bertz CT molecular complexity index is 172. The van der Waals surface area contributed by atoms with E-state index < -0.39 is 8.20 Å². The van der Waals surface area contributed by atoms with E-state index in [1.54, 1.807) is 0 Å². The molecule has 1 saturated heterocycles. The predicted molar refractivity (Wildman–Crippen MR) is 49.1 cm³/mol. The number of nitrogens with zero attached hydrogens (tertiary/aromatic N) is 1. The lowest BCUT2D eigenvalue weighted by molar-refractivity contribution is 0.0442. The molecule has 1 unspecified atom stereocenters. The highest BCUT2D eigenvalue weighted by Gasteiger charge is 2.11. The minimum absolute atomic E-state index is 0.409.